The summed E-state index contributed by atoms with van der Waals surface area (Å²) in [5.74, 6) is -3.05. The van der Waals surface area contributed by atoms with E-state index >= 15 is 0 Å². The summed E-state index contributed by atoms with van der Waals surface area (Å²) in [6, 6.07) is 3.57. The zero-order valence-corrected chi connectivity index (χ0v) is 17.3. The third kappa shape index (κ3) is 5.36. The molecule has 6 nitrogen and oxygen atoms in total. The van der Waals surface area contributed by atoms with Crippen molar-refractivity contribution >= 4 is 11.8 Å². The van der Waals surface area contributed by atoms with Crippen LogP contribution in [0, 0.1) is 17.8 Å². The number of hydrogen-bond donors (Lipinski definition) is 1. The molecule has 0 spiro atoms. The fourth-order valence-corrected chi connectivity index (χ4v) is 4.61. The molecule has 3 aliphatic rings. The number of nitrogens with one attached hydrogen (secondary N) is 1. The number of hydrogen-bond acceptors (Lipinski definition) is 4. The van der Waals surface area contributed by atoms with E-state index in [0.717, 1.165) is 24.3 Å². The molecule has 3 fully saturated rings. The number of nitrogens with zero attached hydrogens (tertiary/aromatic N) is 1. The average Bonchev–Trinajstić information content (AvgIpc) is 3.28. The van der Waals surface area contributed by atoms with Crippen LogP contribution < -0.4 is 10.1 Å². The summed E-state index contributed by atoms with van der Waals surface area (Å²) in [4.78, 5) is 26.0. The van der Waals surface area contributed by atoms with Gasteiger partial charge in [0.25, 0.3) is 11.8 Å². The van der Waals surface area contributed by atoms with Crippen LogP contribution in [-0.4, -0.2) is 61.3 Å². The molecule has 2 aliphatic heterocycles. The molecule has 182 valence electrons. The molecule has 1 aromatic carbocycles. The van der Waals surface area contributed by atoms with E-state index < -0.39 is 54.3 Å². The first kappa shape index (κ1) is 23.7. The Labute approximate surface area is 185 Å². The molecule has 1 aliphatic carbocycles. The smallest absolute Gasteiger partial charge is 0.416 e. The Morgan fingerprint density at radius 3 is 2.18 bits per heavy atom. The Morgan fingerprint density at radius 2 is 1.67 bits per heavy atom. The number of fused-ring (bicyclic) bond motifs is 1. The van der Waals surface area contributed by atoms with Crippen molar-refractivity contribution in [2.45, 2.75) is 37.3 Å². The predicted molar refractivity (Wildman–Crippen MR) is 101 cm³/mol. The van der Waals surface area contributed by atoms with Crippen LogP contribution in [0.25, 0.3) is 0 Å². The molecule has 2 amide bonds. The van der Waals surface area contributed by atoms with Crippen molar-refractivity contribution in [3.05, 3.63) is 29.8 Å². The van der Waals surface area contributed by atoms with Gasteiger partial charge in [-0.05, 0) is 48.9 Å². The quantitative estimate of drug-likeness (QED) is 0.659. The van der Waals surface area contributed by atoms with Gasteiger partial charge in [0.15, 0.2) is 6.61 Å². The maximum absolute atomic E-state index is 12.8. The van der Waals surface area contributed by atoms with E-state index in [1.54, 1.807) is 0 Å². The van der Waals surface area contributed by atoms with Gasteiger partial charge in [0.05, 0.1) is 24.1 Å². The van der Waals surface area contributed by atoms with Crippen molar-refractivity contribution in [1.82, 2.24) is 10.2 Å². The minimum absolute atomic E-state index is 0.0638. The number of rotatable bonds is 5. The highest BCUT2D eigenvalue weighted by Gasteiger charge is 2.67. The molecular formula is C21H22F6N2O4. The number of amides is 2. The lowest BCUT2D eigenvalue weighted by molar-refractivity contribution is -0.162. The van der Waals surface area contributed by atoms with Gasteiger partial charge in [0.1, 0.15) is 11.9 Å². The Kier molecular flexibility index (Phi) is 6.23. The Hall–Kier alpha value is -2.50. The van der Waals surface area contributed by atoms with Crippen molar-refractivity contribution in [2.75, 3.05) is 26.3 Å². The summed E-state index contributed by atoms with van der Waals surface area (Å²) >= 11 is 0. The van der Waals surface area contributed by atoms with Gasteiger partial charge in [-0.3, -0.25) is 9.59 Å². The molecule has 2 saturated heterocycles. The summed E-state index contributed by atoms with van der Waals surface area (Å²) in [7, 11) is 0. The number of ether oxygens (including phenoxy) is 2. The van der Waals surface area contributed by atoms with Crippen LogP contribution in [0.5, 0.6) is 5.75 Å². The molecule has 4 rings (SSSR count). The lowest BCUT2D eigenvalue weighted by Gasteiger charge is -2.32. The van der Waals surface area contributed by atoms with E-state index in [1.807, 2.05) is 0 Å². The molecule has 1 N–H and O–H groups in total. The molecule has 33 heavy (non-hydrogen) atoms. The standard InChI is InChI=1S/C21H22F6N2O4/c22-20(23,24)11-1-4-13(5-2-11)32-10-17(30)28-12-3-6-16(33-9-12)19(31)29-7-14-15(8-29)18(14)21(25,26)27/h1-2,4-5,12,14-16,18H,3,6-10H2,(H,28,30)/t12-,14-,15+,16+,18?/m1/s1. The molecule has 0 aromatic heterocycles. The van der Waals surface area contributed by atoms with Crippen LogP contribution in [0.15, 0.2) is 24.3 Å². The zero-order chi connectivity index (χ0) is 24.0. The first-order valence-corrected chi connectivity index (χ1v) is 10.5. The lowest BCUT2D eigenvalue weighted by atomic mass is 10.0. The van der Waals surface area contributed by atoms with Gasteiger partial charge in [-0.2, -0.15) is 26.3 Å². The van der Waals surface area contributed by atoms with Crippen LogP contribution in [-0.2, 0) is 20.5 Å². The lowest BCUT2D eigenvalue weighted by Crippen LogP contribution is -2.49. The maximum atomic E-state index is 12.8. The van der Waals surface area contributed by atoms with E-state index in [4.69, 9.17) is 9.47 Å². The van der Waals surface area contributed by atoms with Gasteiger partial charge in [-0.25, -0.2) is 0 Å². The maximum Gasteiger partial charge on any atom is 0.416 e. The van der Waals surface area contributed by atoms with Crippen LogP contribution in [0.1, 0.15) is 18.4 Å². The second-order valence-electron chi connectivity index (χ2n) is 8.61. The molecule has 0 radical (unpaired) electrons. The zero-order valence-electron chi connectivity index (χ0n) is 17.3. The van der Waals surface area contributed by atoms with Gasteiger partial charge in [-0.15, -0.1) is 0 Å². The Morgan fingerprint density at radius 1 is 1.03 bits per heavy atom. The molecule has 2 heterocycles. The van der Waals surface area contributed by atoms with Crippen LogP contribution in [0.3, 0.4) is 0 Å². The van der Waals surface area contributed by atoms with Crippen LogP contribution in [0.4, 0.5) is 26.3 Å². The number of carbonyl (C=O) groups is 2. The molecule has 12 heteroatoms. The summed E-state index contributed by atoms with van der Waals surface area (Å²) in [6.45, 7) is -0.153. The van der Waals surface area contributed by atoms with E-state index in [0.29, 0.717) is 12.8 Å². The SMILES string of the molecule is O=C(COc1ccc(C(F)(F)F)cc1)N[C@@H]1CC[C@@H](C(=O)N2C[C@@H]3C(C(F)(F)F)[C@@H]3C2)OC1. The second-order valence-corrected chi connectivity index (χ2v) is 8.61. The van der Waals surface area contributed by atoms with Gasteiger partial charge in [-0.1, -0.05) is 0 Å². The number of piperidine rings is 1. The normalized spacial score (nSPS) is 29.4. The average molecular weight is 480 g/mol. The van der Waals surface area contributed by atoms with Crippen molar-refractivity contribution < 1.29 is 45.4 Å². The minimum Gasteiger partial charge on any atom is -0.484 e. The van der Waals surface area contributed by atoms with E-state index in [9.17, 15) is 35.9 Å². The monoisotopic (exact) mass is 480 g/mol. The number of benzene rings is 1. The fraction of sp³-hybridized carbons (Fsp3) is 0.619. The van der Waals surface area contributed by atoms with Crippen LogP contribution in [0.2, 0.25) is 0 Å². The topological polar surface area (TPSA) is 67.9 Å². The van der Waals surface area contributed by atoms with Gasteiger partial charge < -0.3 is 19.7 Å². The fourth-order valence-electron chi connectivity index (χ4n) is 4.61. The highest BCUT2D eigenvalue weighted by atomic mass is 19.4. The first-order chi connectivity index (χ1) is 15.4. The molecule has 0 bridgehead atoms. The van der Waals surface area contributed by atoms with Crippen LogP contribution >= 0.6 is 0 Å². The number of carbonyl (C=O) groups excluding carboxylic acids is 2. The first-order valence-electron chi connectivity index (χ1n) is 10.5. The Balaban J connectivity index is 1.15. The molecule has 1 saturated carbocycles. The molecule has 5 atom stereocenters. The van der Waals surface area contributed by atoms with Gasteiger partial charge in [0, 0.05) is 13.1 Å². The van der Waals surface area contributed by atoms with Crippen molar-refractivity contribution in [2.24, 2.45) is 17.8 Å². The highest BCUT2D eigenvalue weighted by molar-refractivity contribution is 5.82. The second kappa shape index (κ2) is 8.69. The van der Waals surface area contributed by atoms with Crippen molar-refractivity contribution in [1.29, 1.82) is 0 Å². The van der Waals surface area contributed by atoms with Crippen molar-refractivity contribution in [3.8, 4) is 5.75 Å². The summed E-state index contributed by atoms with van der Waals surface area (Å²) in [6.07, 6.45) is -8.67. The highest BCUT2D eigenvalue weighted by Crippen LogP contribution is 2.59. The molecule has 1 unspecified atom stereocenters. The summed E-state index contributed by atoms with van der Waals surface area (Å²) in [5.41, 5.74) is -0.825. The molecule has 1 aromatic rings. The minimum atomic E-state index is -4.46. The summed E-state index contributed by atoms with van der Waals surface area (Å²) < 4.78 is 86.8. The Bertz CT molecular complexity index is 868. The number of halogens is 6. The largest absolute Gasteiger partial charge is 0.484 e. The van der Waals surface area contributed by atoms with Gasteiger partial charge in [0.2, 0.25) is 0 Å². The predicted octanol–water partition coefficient (Wildman–Crippen LogP) is 3.01. The van der Waals surface area contributed by atoms with E-state index in [-0.39, 0.29) is 37.4 Å². The molecular weight excluding hydrogens is 458 g/mol. The van der Waals surface area contributed by atoms with Gasteiger partial charge >= 0.3 is 12.4 Å². The third-order valence-corrected chi connectivity index (χ3v) is 6.35. The summed E-state index contributed by atoms with van der Waals surface area (Å²) in [5, 5.41) is 2.67. The third-order valence-electron chi connectivity index (χ3n) is 6.35. The number of likely N-dealkylation sites (tertiary alicyclic amines) is 1. The van der Waals surface area contributed by atoms with Crippen molar-refractivity contribution in [3.63, 3.8) is 0 Å². The van der Waals surface area contributed by atoms with E-state index in [2.05, 4.69) is 5.32 Å². The van der Waals surface area contributed by atoms with E-state index in [1.165, 1.54) is 4.90 Å². The number of alkyl halides is 6.